The van der Waals surface area contributed by atoms with Gasteiger partial charge in [0.1, 0.15) is 6.61 Å². The van der Waals surface area contributed by atoms with E-state index in [4.69, 9.17) is 24.3 Å². The van der Waals surface area contributed by atoms with Crippen LogP contribution in [-0.2, 0) is 32.7 Å². The lowest BCUT2D eigenvalue weighted by Crippen LogP contribution is -2.29. The van der Waals surface area contributed by atoms with Gasteiger partial charge in [-0.3, -0.25) is 18.6 Å². The minimum absolute atomic E-state index is 0.0532. The number of nitrogens with two attached hydrogens (primary N) is 1. The molecule has 9 nitrogen and oxygen atoms in total. The van der Waals surface area contributed by atoms with Crippen molar-refractivity contribution in [2.45, 2.75) is 380 Å². The number of hydrogen-bond donors (Lipinski definition) is 2. The largest absolute Gasteiger partial charge is 0.472 e. The number of esters is 2. The number of phosphoric ester groups is 1. The van der Waals surface area contributed by atoms with E-state index in [0.29, 0.717) is 6.42 Å². The number of rotatable bonds is 68. The Hall–Kier alpha value is -1.77. The summed E-state index contributed by atoms with van der Waals surface area (Å²) in [6.07, 6.45) is 84.0. The Morgan fingerprint density at radius 1 is 0.370 bits per heavy atom. The second kappa shape index (κ2) is 67.4. The van der Waals surface area contributed by atoms with E-state index in [1.54, 1.807) is 0 Å². The number of allylic oxidation sites excluding steroid dienone is 6. The predicted octanol–water partition coefficient (Wildman–Crippen LogP) is 23.1. The topological polar surface area (TPSA) is 134 Å². The van der Waals surface area contributed by atoms with Crippen molar-refractivity contribution in [2.24, 2.45) is 5.73 Å². The molecule has 0 aromatic heterocycles. The molecule has 0 aliphatic heterocycles. The monoisotopic (exact) mass is 1160 g/mol. The number of ether oxygens (including phenoxy) is 2. The Morgan fingerprint density at radius 3 is 0.951 bits per heavy atom. The lowest BCUT2D eigenvalue weighted by atomic mass is 10.0. The Morgan fingerprint density at radius 2 is 0.642 bits per heavy atom. The van der Waals surface area contributed by atoms with Gasteiger partial charge in [-0.25, -0.2) is 4.57 Å². The van der Waals surface area contributed by atoms with E-state index < -0.39 is 26.5 Å². The molecular formula is C71H136NO8P. The molecule has 0 bridgehead atoms. The van der Waals surface area contributed by atoms with Gasteiger partial charge in [-0.2, -0.15) is 0 Å². The number of carbonyl (C=O) groups excluding carboxylic acids is 2. The fraction of sp³-hybridized carbons (Fsp3) is 0.887. The summed E-state index contributed by atoms with van der Waals surface area (Å²) in [5, 5.41) is 0. The smallest absolute Gasteiger partial charge is 0.462 e. The van der Waals surface area contributed by atoms with Crippen molar-refractivity contribution in [3.63, 3.8) is 0 Å². The molecule has 0 radical (unpaired) electrons. The van der Waals surface area contributed by atoms with Crippen molar-refractivity contribution >= 4 is 19.8 Å². The van der Waals surface area contributed by atoms with E-state index in [-0.39, 0.29) is 38.6 Å². The minimum atomic E-state index is -4.39. The molecular weight excluding hydrogens is 1030 g/mol. The third-order valence-corrected chi connectivity index (χ3v) is 17.0. The fourth-order valence-corrected chi connectivity index (χ4v) is 11.5. The van der Waals surface area contributed by atoms with Gasteiger partial charge in [-0.15, -0.1) is 0 Å². The van der Waals surface area contributed by atoms with Crippen LogP contribution in [-0.4, -0.2) is 49.3 Å². The van der Waals surface area contributed by atoms with E-state index in [1.807, 2.05) is 0 Å². The standard InChI is InChI=1S/C71H136NO8P/c1-3-5-7-9-11-13-15-17-19-21-23-25-27-28-29-30-31-32-33-34-35-36-37-38-39-40-42-43-45-47-49-51-53-55-57-59-61-63-70(73)77-67-69(68-79-81(75,76)78-66-65-72)80-71(74)64-62-60-58-56-54-52-50-48-46-44-41-26-24-22-20-18-16-14-12-10-8-6-4-2/h16,18,22,24,41,44,69H,3-15,17,19-21,23,25-40,42-43,45-68,72H2,1-2H3,(H,75,76)/b18-16-,24-22-,44-41-. The molecule has 0 aliphatic carbocycles. The normalized spacial score (nSPS) is 13.1. The van der Waals surface area contributed by atoms with Crippen LogP contribution in [0.25, 0.3) is 0 Å². The molecule has 478 valence electrons. The molecule has 0 amide bonds. The summed E-state index contributed by atoms with van der Waals surface area (Å²) in [6, 6.07) is 0. The highest BCUT2D eigenvalue weighted by Crippen LogP contribution is 2.43. The predicted molar refractivity (Wildman–Crippen MR) is 349 cm³/mol. The number of phosphoric acid groups is 1. The third kappa shape index (κ3) is 67.2. The van der Waals surface area contributed by atoms with Gasteiger partial charge in [0, 0.05) is 19.4 Å². The molecule has 0 aliphatic rings. The first kappa shape index (κ1) is 79.2. The van der Waals surface area contributed by atoms with E-state index in [0.717, 1.165) is 57.8 Å². The molecule has 0 rings (SSSR count). The molecule has 10 heteroatoms. The summed E-state index contributed by atoms with van der Waals surface area (Å²) < 4.78 is 33.2. The molecule has 0 aromatic carbocycles. The van der Waals surface area contributed by atoms with Gasteiger partial charge >= 0.3 is 19.8 Å². The van der Waals surface area contributed by atoms with Crippen LogP contribution in [0.2, 0.25) is 0 Å². The molecule has 3 N–H and O–H groups in total. The van der Waals surface area contributed by atoms with Gasteiger partial charge in [0.25, 0.3) is 0 Å². The molecule has 0 heterocycles. The molecule has 0 saturated carbocycles. The Bertz CT molecular complexity index is 1420. The van der Waals surface area contributed by atoms with E-state index in [2.05, 4.69) is 50.3 Å². The summed E-state index contributed by atoms with van der Waals surface area (Å²) in [6.45, 7) is 3.79. The first-order chi connectivity index (χ1) is 39.8. The number of hydrogen-bond acceptors (Lipinski definition) is 8. The fourth-order valence-electron chi connectivity index (χ4n) is 10.8. The van der Waals surface area contributed by atoms with Gasteiger partial charge < -0.3 is 20.1 Å². The number of unbranched alkanes of at least 4 members (excludes halogenated alkanes) is 49. The maximum absolute atomic E-state index is 12.7. The number of carbonyl (C=O) groups is 2. The highest BCUT2D eigenvalue weighted by molar-refractivity contribution is 7.47. The zero-order valence-corrected chi connectivity index (χ0v) is 54.7. The van der Waals surface area contributed by atoms with Crippen molar-refractivity contribution < 1.29 is 37.6 Å². The van der Waals surface area contributed by atoms with Crippen LogP contribution in [0.3, 0.4) is 0 Å². The van der Waals surface area contributed by atoms with Crippen molar-refractivity contribution in [3.05, 3.63) is 36.5 Å². The van der Waals surface area contributed by atoms with E-state index in [1.165, 1.54) is 283 Å². The van der Waals surface area contributed by atoms with E-state index >= 15 is 0 Å². The zero-order chi connectivity index (χ0) is 58.7. The molecule has 0 fully saturated rings. The lowest BCUT2D eigenvalue weighted by molar-refractivity contribution is -0.161. The van der Waals surface area contributed by atoms with Crippen LogP contribution in [0.5, 0.6) is 0 Å². The van der Waals surface area contributed by atoms with Crippen LogP contribution >= 0.6 is 7.82 Å². The van der Waals surface area contributed by atoms with Gasteiger partial charge in [0.15, 0.2) is 6.10 Å². The first-order valence-corrected chi connectivity index (χ1v) is 37.0. The Balaban J connectivity index is 3.78. The van der Waals surface area contributed by atoms with Gasteiger partial charge in [0.05, 0.1) is 13.2 Å². The third-order valence-electron chi connectivity index (χ3n) is 16.0. The van der Waals surface area contributed by atoms with Crippen molar-refractivity contribution in [3.8, 4) is 0 Å². The van der Waals surface area contributed by atoms with Crippen LogP contribution in [0.1, 0.15) is 373 Å². The molecule has 0 aromatic rings. The summed E-state index contributed by atoms with van der Waals surface area (Å²) in [4.78, 5) is 35.3. The van der Waals surface area contributed by atoms with Crippen LogP contribution in [0, 0.1) is 0 Å². The molecule has 0 spiro atoms. The van der Waals surface area contributed by atoms with Crippen molar-refractivity contribution in [1.29, 1.82) is 0 Å². The highest BCUT2D eigenvalue weighted by Gasteiger charge is 2.26. The summed E-state index contributed by atoms with van der Waals surface area (Å²) in [5.41, 5.74) is 5.40. The second-order valence-electron chi connectivity index (χ2n) is 24.1. The molecule has 0 saturated heterocycles. The van der Waals surface area contributed by atoms with Gasteiger partial charge in [0.2, 0.25) is 0 Å². The van der Waals surface area contributed by atoms with Gasteiger partial charge in [-0.05, 0) is 51.4 Å². The summed E-state index contributed by atoms with van der Waals surface area (Å²) in [5.74, 6) is -0.818. The zero-order valence-electron chi connectivity index (χ0n) is 53.8. The summed E-state index contributed by atoms with van der Waals surface area (Å²) in [7, 11) is -4.39. The van der Waals surface area contributed by atoms with Gasteiger partial charge in [-0.1, -0.05) is 346 Å². The maximum atomic E-state index is 12.7. The average molecular weight is 1160 g/mol. The maximum Gasteiger partial charge on any atom is 0.472 e. The van der Waals surface area contributed by atoms with Crippen LogP contribution in [0.15, 0.2) is 36.5 Å². The second-order valence-corrected chi connectivity index (χ2v) is 25.6. The quantitative estimate of drug-likeness (QED) is 0.0264. The lowest BCUT2D eigenvalue weighted by Gasteiger charge is -2.19. The van der Waals surface area contributed by atoms with Crippen molar-refractivity contribution in [1.82, 2.24) is 0 Å². The SMILES string of the molecule is CCCCCCC/C=C\C/C=C\C/C=C\CCCCCCCCCCC(=O)OC(COC(=O)CCCCCCCCCCCCCCCCCCCCCCCCCCCCCCCCCCCCCCC)COP(=O)(O)OCCN. The van der Waals surface area contributed by atoms with Crippen molar-refractivity contribution in [2.75, 3.05) is 26.4 Å². The van der Waals surface area contributed by atoms with E-state index in [9.17, 15) is 19.0 Å². The molecule has 2 atom stereocenters. The highest BCUT2D eigenvalue weighted by atomic mass is 31.2. The molecule has 81 heavy (non-hydrogen) atoms. The first-order valence-electron chi connectivity index (χ1n) is 35.5. The Labute approximate surface area is 503 Å². The molecule has 2 unspecified atom stereocenters. The summed E-state index contributed by atoms with van der Waals surface area (Å²) >= 11 is 0. The van der Waals surface area contributed by atoms with Crippen LogP contribution in [0.4, 0.5) is 0 Å². The Kier molecular flexibility index (Phi) is 65.9. The average Bonchev–Trinajstić information content (AvgIpc) is 3.46. The van der Waals surface area contributed by atoms with Crippen LogP contribution < -0.4 is 5.73 Å². The minimum Gasteiger partial charge on any atom is -0.462 e.